The van der Waals surface area contributed by atoms with E-state index in [4.69, 9.17) is 23.2 Å². The van der Waals surface area contributed by atoms with Gasteiger partial charge in [-0.1, -0.05) is 47.5 Å². The van der Waals surface area contributed by atoms with Gasteiger partial charge in [0, 0.05) is 33.4 Å². The number of anilines is 1. The Morgan fingerprint density at radius 1 is 0.933 bits per heavy atom. The van der Waals surface area contributed by atoms with Crippen LogP contribution in [0.15, 0.2) is 66.7 Å². The number of carbonyl (C=O) groups is 2. The van der Waals surface area contributed by atoms with E-state index in [-0.39, 0.29) is 17.9 Å². The van der Waals surface area contributed by atoms with Crippen LogP contribution in [0.4, 0.5) is 5.69 Å². The van der Waals surface area contributed by atoms with Gasteiger partial charge >= 0.3 is 0 Å². The van der Waals surface area contributed by atoms with Crippen LogP contribution in [0.3, 0.4) is 0 Å². The number of nitrogens with one attached hydrogen (secondary N) is 1. The maximum atomic E-state index is 12.9. The lowest BCUT2D eigenvalue weighted by molar-refractivity contribution is 0.0938. The molecular weight excluding hydrogens is 419 g/mol. The van der Waals surface area contributed by atoms with Crippen molar-refractivity contribution >= 4 is 40.7 Å². The lowest BCUT2D eigenvalue weighted by Gasteiger charge is -2.19. The predicted molar refractivity (Wildman–Crippen MR) is 121 cm³/mol. The fraction of sp³-hybridized carbons (Fsp3) is 0.167. The average molecular weight is 439 g/mol. The van der Waals surface area contributed by atoms with Gasteiger partial charge < -0.3 is 10.2 Å². The molecule has 152 valence electrons. The summed E-state index contributed by atoms with van der Waals surface area (Å²) in [6.07, 6.45) is 0.768. The lowest BCUT2D eigenvalue weighted by Crippen LogP contribution is -2.29. The second-order valence-electron chi connectivity index (χ2n) is 7.31. The molecule has 0 saturated heterocycles. The van der Waals surface area contributed by atoms with E-state index < -0.39 is 0 Å². The normalized spacial score (nSPS) is 13.6. The number of benzene rings is 3. The fourth-order valence-corrected chi connectivity index (χ4v) is 4.05. The summed E-state index contributed by atoms with van der Waals surface area (Å²) in [7, 11) is 0. The molecule has 0 aromatic heterocycles. The molecular formula is C24H20Cl2N2O2. The monoisotopic (exact) mass is 438 g/mol. The molecule has 1 heterocycles. The number of halogens is 2. The summed E-state index contributed by atoms with van der Waals surface area (Å²) >= 11 is 12.0. The highest BCUT2D eigenvalue weighted by Gasteiger charge is 2.26. The average Bonchev–Trinajstić information content (AvgIpc) is 3.16. The van der Waals surface area contributed by atoms with Gasteiger partial charge in [-0.3, -0.25) is 9.59 Å². The summed E-state index contributed by atoms with van der Waals surface area (Å²) in [5.74, 6) is -0.241. The number of nitrogens with zero attached hydrogens (tertiary/aromatic N) is 1. The minimum Gasteiger partial charge on any atom is -0.346 e. The van der Waals surface area contributed by atoms with E-state index in [1.807, 2.05) is 19.1 Å². The lowest BCUT2D eigenvalue weighted by atomic mass is 10.0. The molecule has 0 saturated carbocycles. The first-order valence-electron chi connectivity index (χ1n) is 9.69. The van der Waals surface area contributed by atoms with Crippen molar-refractivity contribution in [3.8, 4) is 0 Å². The highest BCUT2D eigenvalue weighted by molar-refractivity contribution is 6.31. The summed E-state index contributed by atoms with van der Waals surface area (Å²) in [6, 6.07) is 19.6. The van der Waals surface area contributed by atoms with Crippen LogP contribution in [0.25, 0.3) is 0 Å². The van der Waals surface area contributed by atoms with Crippen LogP contribution >= 0.6 is 23.2 Å². The van der Waals surface area contributed by atoms with E-state index >= 15 is 0 Å². The molecule has 0 fully saturated rings. The molecule has 0 spiro atoms. The summed E-state index contributed by atoms with van der Waals surface area (Å²) in [6.45, 7) is 2.56. The molecule has 4 nitrogen and oxygen atoms in total. The highest BCUT2D eigenvalue weighted by atomic mass is 35.5. The van der Waals surface area contributed by atoms with E-state index in [1.165, 1.54) is 0 Å². The summed E-state index contributed by atoms with van der Waals surface area (Å²) in [5, 5.41) is 4.07. The Bertz CT molecular complexity index is 1130. The van der Waals surface area contributed by atoms with Crippen molar-refractivity contribution < 1.29 is 9.59 Å². The minimum absolute atomic E-state index is 0.0636. The standard InChI is InChI=1S/C24H20Cl2N2O2/c1-15(27-23(29)18-4-2-6-20(25)13-18)16-8-9-22-17(12-16)10-11-28(22)24(30)19-5-3-7-21(26)14-19/h2-9,12-15H,10-11H2,1H3,(H,27,29)/t15-/m1/s1. The van der Waals surface area contributed by atoms with E-state index in [9.17, 15) is 9.59 Å². The molecule has 0 bridgehead atoms. The Morgan fingerprint density at radius 2 is 1.60 bits per heavy atom. The Labute approximate surface area is 185 Å². The van der Waals surface area contributed by atoms with Gasteiger partial charge in [0.25, 0.3) is 11.8 Å². The zero-order valence-corrected chi connectivity index (χ0v) is 17.9. The smallest absolute Gasteiger partial charge is 0.258 e. The maximum absolute atomic E-state index is 12.9. The SMILES string of the molecule is C[C@@H](NC(=O)c1cccc(Cl)c1)c1ccc2c(c1)CCN2C(=O)c1cccc(Cl)c1. The van der Waals surface area contributed by atoms with Crippen LogP contribution in [0, 0.1) is 0 Å². The largest absolute Gasteiger partial charge is 0.346 e. The zero-order chi connectivity index (χ0) is 21.3. The summed E-state index contributed by atoms with van der Waals surface area (Å²) in [4.78, 5) is 27.2. The molecule has 3 aromatic carbocycles. The molecule has 0 aliphatic carbocycles. The number of hydrogen-bond acceptors (Lipinski definition) is 2. The molecule has 1 aliphatic rings. The van der Waals surface area contributed by atoms with Gasteiger partial charge in [-0.05, 0) is 66.9 Å². The number of fused-ring (bicyclic) bond motifs is 1. The molecule has 4 rings (SSSR count). The molecule has 1 aliphatic heterocycles. The van der Waals surface area contributed by atoms with Crippen molar-refractivity contribution in [1.82, 2.24) is 5.32 Å². The van der Waals surface area contributed by atoms with Crippen molar-refractivity contribution in [3.63, 3.8) is 0 Å². The first kappa shape index (κ1) is 20.5. The van der Waals surface area contributed by atoms with Crippen LogP contribution in [-0.2, 0) is 6.42 Å². The van der Waals surface area contributed by atoms with Gasteiger partial charge in [0.15, 0.2) is 0 Å². The number of rotatable bonds is 4. The maximum Gasteiger partial charge on any atom is 0.258 e. The first-order valence-corrected chi connectivity index (χ1v) is 10.4. The highest BCUT2D eigenvalue weighted by Crippen LogP contribution is 2.32. The topological polar surface area (TPSA) is 49.4 Å². The number of amides is 2. The second kappa shape index (κ2) is 8.50. The first-order chi connectivity index (χ1) is 14.4. The van der Waals surface area contributed by atoms with Crippen LogP contribution < -0.4 is 10.2 Å². The Balaban J connectivity index is 1.50. The molecule has 1 N–H and O–H groups in total. The van der Waals surface area contributed by atoms with Crippen molar-refractivity contribution in [3.05, 3.63) is 99.0 Å². The summed E-state index contributed by atoms with van der Waals surface area (Å²) in [5.41, 5.74) is 4.07. The molecule has 1 atom stereocenters. The molecule has 0 unspecified atom stereocenters. The Morgan fingerprint density at radius 3 is 2.30 bits per heavy atom. The van der Waals surface area contributed by atoms with Gasteiger partial charge in [0.2, 0.25) is 0 Å². The van der Waals surface area contributed by atoms with Crippen LogP contribution in [0.2, 0.25) is 10.0 Å². The quantitative estimate of drug-likeness (QED) is 0.568. The third-order valence-corrected chi connectivity index (χ3v) is 5.72. The number of carbonyl (C=O) groups excluding carboxylic acids is 2. The van der Waals surface area contributed by atoms with E-state index in [2.05, 4.69) is 11.4 Å². The predicted octanol–water partition coefficient (Wildman–Crippen LogP) is 5.69. The molecule has 3 aromatic rings. The van der Waals surface area contributed by atoms with Crippen molar-refractivity contribution in [2.75, 3.05) is 11.4 Å². The molecule has 2 amide bonds. The zero-order valence-electron chi connectivity index (χ0n) is 16.4. The van der Waals surface area contributed by atoms with Gasteiger partial charge in [0.1, 0.15) is 0 Å². The summed E-state index contributed by atoms with van der Waals surface area (Å²) < 4.78 is 0. The van der Waals surface area contributed by atoms with Gasteiger partial charge in [-0.15, -0.1) is 0 Å². The Hall–Kier alpha value is -2.82. The molecule has 30 heavy (non-hydrogen) atoms. The van der Waals surface area contributed by atoms with Crippen molar-refractivity contribution in [2.24, 2.45) is 0 Å². The fourth-order valence-electron chi connectivity index (χ4n) is 3.67. The third-order valence-electron chi connectivity index (χ3n) is 5.25. The number of hydrogen-bond donors (Lipinski definition) is 1. The van der Waals surface area contributed by atoms with Crippen molar-refractivity contribution in [2.45, 2.75) is 19.4 Å². The Kier molecular flexibility index (Phi) is 5.80. The van der Waals surface area contributed by atoms with Crippen LogP contribution in [0.5, 0.6) is 0 Å². The van der Waals surface area contributed by atoms with E-state index in [0.29, 0.717) is 27.7 Å². The minimum atomic E-state index is -0.181. The van der Waals surface area contributed by atoms with Gasteiger partial charge in [0.05, 0.1) is 6.04 Å². The van der Waals surface area contributed by atoms with Gasteiger partial charge in [-0.25, -0.2) is 0 Å². The van der Waals surface area contributed by atoms with E-state index in [0.717, 1.165) is 23.2 Å². The molecule has 0 radical (unpaired) electrons. The van der Waals surface area contributed by atoms with E-state index in [1.54, 1.807) is 53.4 Å². The van der Waals surface area contributed by atoms with Crippen LogP contribution in [-0.4, -0.2) is 18.4 Å². The molecule has 6 heteroatoms. The van der Waals surface area contributed by atoms with Crippen LogP contribution in [0.1, 0.15) is 44.8 Å². The third kappa shape index (κ3) is 4.20. The van der Waals surface area contributed by atoms with Gasteiger partial charge in [-0.2, -0.15) is 0 Å². The second-order valence-corrected chi connectivity index (χ2v) is 8.18. The van der Waals surface area contributed by atoms with Crippen molar-refractivity contribution in [1.29, 1.82) is 0 Å².